The van der Waals surface area contributed by atoms with E-state index in [-0.39, 0.29) is 0 Å². The zero-order valence-corrected chi connectivity index (χ0v) is 26.7. The Kier molecular flexibility index (Phi) is 9.37. The van der Waals surface area contributed by atoms with Crippen molar-refractivity contribution in [3.8, 4) is 52.3 Å². The number of hydrogen-bond acceptors (Lipinski definition) is 8. The summed E-state index contributed by atoms with van der Waals surface area (Å²) in [5.74, 6) is 3.67. The van der Waals surface area contributed by atoms with Gasteiger partial charge in [-0.05, 0) is 48.9 Å². The fraction of sp³-hybridized carbons (Fsp3) is 0.500. The van der Waals surface area contributed by atoms with E-state index in [9.17, 15) is 0 Å². The van der Waals surface area contributed by atoms with Gasteiger partial charge in [0.1, 0.15) is 26.4 Å². The maximum absolute atomic E-state index is 6.12. The Morgan fingerprint density at radius 2 is 1.00 bits per heavy atom. The average molecular weight is 615 g/mol. The van der Waals surface area contributed by atoms with Gasteiger partial charge in [0.25, 0.3) is 0 Å². The molecule has 0 fully saturated rings. The number of hydrogen-bond donors (Lipinski definition) is 0. The van der Waals surface area contributed by atoms with E-state index >= 15 is 0 Å². The van der Waals surface area contributed by atoms with E-state index in [4.69, 9.17) is 18.9 Å². The van der Waals surface area contributed by atoms with Crippen molar-refractivity contribution in [2.24, 2.45) is 0 Å². The minimum absolute atomic E-state index is 0.618. The lowest BCUT2D eigenvalue weighted by molar-refractivity contribution is 0.174. The molecule has 4 aromatic heterocycles. The number of rotatable bonds is 13. The molecule has 0 saturated heterocycles. The van der Waals surface area contributed by atoms with Crippen molar-refractivity contribution in [1.29, 1.82) is 0 Å². The van der Waals surface area contributed by atoms with Crippen molar-refractivity contribution >= 4 is 45.3 Å². The molecule has 6 rings (SSSR count). The Labute approximate surface area is 253 Å². The Hall–Kier alpha value is -2.00. The number of thiophene rings is 4. The monoisotopic (exact) mass is 614 g/mol. The second-order valence-electron chi connectivity index (χ2n) is 10.5. The van der Waals surface area contributed by atoms with Gasteiger partial charge in [-0.2, -0.15) is 0 Å². The summed E-state index contributed by atoms with van der Waals surface area (Å²) in [4.78, 5) is 7.87. The standard InChI is InChI=1S/C32H38O4S4/c1-3-5-7-9-11-21-17-25(39-29(21)31-27-23(19-37-31)33-13-15-35-27)26-18-22(12-10-8-6-4-2)30(40-26)32-28-24(20-38-32)34-14-16-36-28/h17-20H,3-16H2,1-2H3. The molecule has 0 N–H and O–H groups in total. The van der Waals surface area contributed by atoms with E-state index in [0.29, 0.717) is 26.4 Å². The first-order chi connectivity index (χ1) is 19.8. The highest BCUT2D eigenvalue weighted by Crippen LogP contribution is 2.54. The number of aryl methyl sites for hydroxylation is 2. The SMILES string of the molecule is CCCCCCc1cc(-c2cc(CCCCCC)c(-c3scc4c3OCCO4)s2)sc1-c1scc2c1OCCO2. The van der Waals surface area contributed by atoms with Crippen LogP contribution in [0.25, 0.3) is 29.3 Å². The van der Waals surface area contributed by atoms with E-state index in [0.717, 1.165) is 35.8 Å². The first-order valence-electron chi connectivity index (χ1n) is 14.8. The van der Waals surface area contributed by atoms with Crippen molar-refractivity contribution in [1.82, 2.24) is 0 Å². The van der Waals surface area contributed by atoms with E-state index in [1.807, 2.05) is 22.7 Å². The average Bonchev–Trinajstić information content (AvgIpc) is 3.77. The maximum atomic E-state index is 6.12. The van der Waals surface area contributed by atoms with E-state index < -0.39 is 0 Å². The second-order valence-corrected chi connectivity index (χ2v) is 14.3. The quantitative estimate of drug-likeness (QED) is 0.140. The molecular weight excluding hydrogens is 577 g/mol. The molecule has 2 aliphatic rings. The van der Waals surface area contributed by atoms with Crippen LogP contribution in [0.5, 0.6) is 23.0 Å². The lowest BCUT2D eigenvalue weighted by Crippen LogP contribution is -2.14. The van der Waals surface area contributed by atoms with Crippen LogP contribution in [-0.2, 0) is 12.8 Å². The van der Waals surface area contributed by atoms with Gasteiger partial charge in [-0.25, -0.2) is 0 Å². The van der Waals surface area contributed by atoms with Gasteiger partial charge in [0.05, 0.1) is 19.5 Å². The van der Waals surface area contributed by atoms with Crippen LogP contribution in [0, 0.1) is 0 Å². The minimum Gasteiger partial charge on any atom is -0.485 e. The summed E-state index contributed by atoms with van der Waals surface area (Å²) in [6, 6.07) is 4.92. The van der Waals surface area contributed by atoms with Crippen LogP contribution in [0.3, 0.4) is 0 Å². The van der Waals surface area contributed by atoms with Crippen molar-refractivity contribution in [2.45, 2.75) is 78.1 Å². The highest BCUT2D eigenvalue weighted by Gasteiger charge is 2.26. The Bertz CT molecular complexity index is 1300. The molecule has 214 valence electrons. The topological polar surface area (TPSA) is 36.9 Å². The summed E-state index contributed by atoms with van der Waals surface area (Å²) in [5, 5.41) is 4.23. The lowest BCUT2D eigenvalue weighted by atomic mass is 10.0. The van der Waals surface area contributed by atoms with E-state index in [1.165, 1.54) is 91.8 Å². The summed E-state index contributed by atoms with van der Waals surface area (Å²) in [5.41, 5.74) is 2.89. The van der Waals surface area contributed by atoms with Gasteiger partial charge in [-0.15, -0.1) is 45.3 Å². The molecule has 0 unspecified atom stereocenters. The molecule has 0 spiro atoms. The molecule has 0 aliphatic carbocycles. The highest BCUT2D eigenvalue weighted by molar-refractivity contribution is 7.28. The molecule has 8 heteroatoms. The van der Waals surface area contributed by atoms with Gasteiger partial charge >= 0.3 is 0 Å². The summed E-state index contributed by atoms with van der Waals surface area (Å²) in [7, 11) is 0. The van der Waals surface area contributed by atoms with Crippen molar-refractivity contribution in [3.63, 3.8) is 0 Å². The van der Waals surface area contributed by atoms with Gasteiger partial charge in [0.2, 0.25) is 0 Å². The first-order valence-corrected chi connectivity index (χ1v) is 18.2. The lowest BCUT2D eigenvalue weighted by Gasteiger charge is -2.16. The fourth-order valence-corrected chi connectivity index (χ4v) is 10.1. The van der Waals surface area contributed by atoms with Gasteiger partial charge in [-0.1, -0.05) is 52.4 Å². The maximum Gasteiger partial charge on any atom is 0.180 e. The number of fused-ring (bicyclic) bond motifs is 2. The normalized spacial score (nSPS) is 14.2. The van der Waals surface area contributed by atoms with E-state index in [2.05, 4.69) is 36.7 Å². The largest absolute Gasteiger partial charge is 0.485 e. The molecule has 0 saturated carbocycles. The highest BCUT2D eigenvalue weighted by atomic mass is 32.1. The summed E-state index contributed by atoms with van der Waals surface area (Å²) >= 11 is 7.35. The third-order valence-electron chi connectivity index (χ3n) is 7.47. The molecule has 40 heavy (non-hydrogen) atoms. The van der Waals surface area contributed by atoms with Crippen molar-refractivity contribution in [2.75, 3.05) is 26.4 Å². The van der Waals surface area contributed by atoms with Gasteiger partial charge in [0.15, 0.2) is 23.0 Å². The molecule has 4 nitrogen and oxygen atoms in total. The molecule has 0 aromatic carbocycles. The van der Waals surface area contributed by atoms with Gasteiger partial charge in [-0.3, -0.25) is 0 Å². The van der Waals surface area contributed by atoms with Crippen LogP contribution in [0.15, 0.2) is 22.9 Å². The molecule has 0 radical (unpaired) electrons. The third kappa shape index (κ3) is 5.96. The predicted molar refractivity (Wildman–Crippen MR) is 172 cm³/mol. The Balaban J connectivity index is 1.37. The van der Waals surface area contributed by atoms with Crippen LogP contribution in [-0.4, -0.2) is 26.4 Å². The second kappa shape index (κ2) is 13.3. The molecular formula is C32H38O4S4. The Morgan fingerprint density at radius 1 is 0.550 bits per heavy atom. The molecule has 0 atom stereocenters. The molecule has 6 heterocycles. The van der Waals surface area contributed by atoms with Gasteiger partial charge in [0, 0.05) is 20.5 Å². The molecule has 2 aliphatic heterocycles. The molecule has 0 amide bonds. The van der Waals surface area contributed by atoms with Crippen LogP contribution in [0.2, 0.25) is 0 Å². The van der Waals surface area contributed by atoms with Crippen molar-refractivity contribution < 1.29 is 18.9 Å². The smallest absolute Gasteiger partial charge is 0.180 e. The van der Waals surface area contributed by atoms with Crippen LogP contribution < -0.4 is 18.9 Å². The molecule has 0 bridgehead atoms. The fourth-order valence-electron chi connectivity index (χ4n) is 5.38. The van der Waals surface area contributed by atoms with E-state index in [1.54, 1.807) is 22.7 Å². The predicted octanol–water partition coefficient (Wildman–Crippen LogP) is 10.7. The van der Waals surface area contributed by atoms with Crippen LogP contribution >= 0.6 is 45.3 Å². The summed E-state index contributed by atoms with van der Waals surface area (Å²) in [6.07, 6.45) is 12.3. The zero-order chi connectivity index (χ0) is 27.3. The third-order valence-corrected chi connectivity index (χ3v) is 12.2. The first kappa shape index (κ1) is 28.1. The summed E-state index contributed by atoms with van der Waals surface area (Å²) < 4.78 is 24.0. The van der Waals surface area contributed by atoms with Crippen LogP contribution in [0.1, 0.15) is 76.3 Å². The van der Waals surface area contributed by atoms with Gasteiger partial charge < -0.3 is 18.9 Å². The number of ether oxygens (including phenoxy) is 4. The minimum atomic E-state index is 0.618. The molecule has 4 aromatic rings. The van der Waals surface area contributed by atoms with Crippen LogP contribution in [0.4, 0.5) is 0 Å². The Morgan fingerprint density at radius 3 is 1.45 bits per heavy atom. The van der Waals surface area contributed by atoms with Crippen molar-refractivity contribution in [3.05, 3.63) is 34.0 Å². The summed E-state index contributed by atoms with van der Waals surface area (Å²) in [6.45, 7) is 7.05. The zero-order valence-electron chi connectivity index (χ0n) is 23.5. The number of unbranched alkanes of at least 4 members (excludes halogenated alkanes) is 6.